The fourth-order valence-electron chi connectivity index (χ4n) is 1.20. The van der Waals surface area contributed by atoms with Crippen molar-refractivity contribution in [2.75, 3.05) is 11.9 Å². The number of ether oxygens (including phenoxy) is 1. The fourth-order valence-corrected chi connectivity index (χ4v) is 1.20. The van der Waals surface area contributed by atoms with Gasteiger partial charge in [-0.1, -0.05) is 6.07 Å². The van der Waals surface area contributed by atoms with Gasteiger partial charge in [-0.2, -0.15) is 0 Å². The van der Waals surface area contributed by atoms with E-state index in [9.17, 15) is 9.59 Å². The number of rotatable bonds is 5. The largest absolute Gasteiger partial charge is 0.493 e. The maximum absolute atomic E-state index is 10.8. The number of carbonyl (C=O) groups is 2. The summed E-state index contributed by atoms with van der Waals surface area (Å²) >= 11 is 0. The predicted octanol–water partition coefficient (Wildman–Crippen LogP) is 0.404. The molecule has 0 unspecified atom stereocenters. The van der Waals surface area contributed by atoms with E-state index in [1.165, 1.54) is 6.92 Å². The van der Waals surface area contributed by atoms with Crippen LogP contribution >= 0.6 is 0 Å². The van der Waals surface area contributed by atoms with E-state index in [0.29, 0.717) is 11.4 Å². The highest BCUT2D eigenvalue weighted by Gasteiger charge is 2.01. The molecule has 6 nitrogen and oxygen atoms in total. The molecule has 0 aliphatic rings. The average Bonchev–Trinajstić information content (AvgIpc) is 2.28. The molecule has 2 amide bonds. The van der Waals surface area contributed by atoms with Crippen LogP contribution in [0, 0.1) is 0 Å². The highest BCUT2D eigenvalue weighted by Crippen LogP contribution is 2.17. The lowest BCUT2D eigenvalue weighted by atomic mass is 10.3. The van der Waals surface area contributed by atoms with Crippen molar-refractivity contribution < 1.29 is 14.3 Å². The highest BCUT2D eigenvalue weighted by molar-refractivity contribution is 5.88. The van der Waals surface area contributed by atoms with Crippen molar-refractivity contribution in [1.29, 1.82) is 0 Å². The zero-order valence-corrected chi connectivity index (χ0v) is 9.53. The number of anilines is 1. The van der Waals surface area contributed by atoms with E-state index in [-0.39, 0.29) is 24.8 Å². The highest BCUT2D eigenvalue weighted by atomic mass is 16.5. The Balaban J connectivity index is 2.48. The van der Waals surface area contributed by atoms with Crippen molar-refractivity contribution in [2.24, 2.45) is 5.84 Å². The van der Waals surface area contributed by atoms with Gasteiger partial charge in [0, 0.05) is 18.7 Å². The third-order valence-electron chi connectivity index (χ3n) is 1.91. The number of nitrogens with two attached hydrogens (primary N) is 1. The lowest BCUT2D eigenvalue weighted by Gasteiger charge is -2.07. The van der Waals surface area contributed by atoms with Gasteiger partial charge in [0.05, 0.1) is 13.0 Å². The molecule has 0 heterocycles. The van der Waals surface area contributed by atoms with Gasteiger partial charge in [-0.05, 0) is 12.1 Å². The second-order valence-electron chi connectivity index (χ2n) is 3.37. The van der Waals surface area contributed by atoms with Gasteiger partial charge < -0.3 is 10.1 Å². The summed E-state index contributed by atoms with van der Waals surface area (Å²) in [4.78, 5) is 21.7. The Hall–Kier alpha value is -2.08. The van der Waals surface area contributed by atoms with E-state index < -0.39 is 0 Å². The maximum atomic E-state index is 10.8. The topological polar surface area (TPSA) is 93.4 Å². The minimum absolute atomic E-state index is 0.148. The van der Waals surface area contributed by atoms with E-state index in [4.69, 9.17) is 10.6 Å². The van der Waals surface area contributed by atoms with Gasteiger partial charge in [0.2, 0.25) is 11.8 Å². The van der Waals surface area contributed by atoms with Crippen molar-refractivity contribution in [1.82, 2.24) is 5.43 Å². The quantitative estimate of drug-likeness (QED) is 0.392. The van der Waals surface area contributed by atoms with Crippen LogP contribution in [-0.2, 0) is 9.59 Å². The van der Waals surface area contributed by atoms with Crippen LogP contribution in [-0.4, -0.2) is 18.4 Å². The molecule has 0 radical (unpaired) electrons. The van der Waals surface area contributed by atoms with Crippen LogP contribution in [0.2, 0.25) is 0 Å². The molecule has 0 aliphatic carbocycles. The van der Waals surface area contributed by atoms with E-state index in [1.807, 2.05) is 5.43 Å². The van der Waals surface area contributed by atoms with Crippen molar-refractivity contribution >= 4 is 17.5 Å². The van der Waals surface area contributed by atoms with Crippen molar-refractivity contribution in [3.05, 3.63) is 24.3 Å². The SMILES string of the molecule is CC(=O)Nc1cccc(OCCC(=O)NN)c1. The first kappa shape index (κ1) is 13.0. The summed E-state index contributed by atoms with van der Waals surface area (Å²) in [6, 6.07) is 6.93. The van der Waals surface area contributed by atoms with Crippen molar-refractivity contribution in [3.63, 3.8) is 0 Å². The molecule has 1 aromatic rings. The Morgan fingerprint density at radius 3 is 2.82 bits per heavy atom. The molecule has 0 bridgehead atoms. The number of hydrazine groups is 1. The Bertz CT molecular complexity index is 407. The molecule has 92 valence electrons. The van der Waals surface area contributed by atoms with Crippen LogP contribution < -0.4 is 21.3 Å². The van der Waals surface area contributed by atoms with Crippen LogP contribution in [0.4, 0.5) is 5.69 Å². The third-order valence-corrected chi connectivity index (χ3v) is 1.91. The molecule has 1 rings (SSSR count). The molecule has 0 atom stereocenters. The van der Waals surface area contributed by atoms with Gasteiger partial charge in [-0.15, -0.1) is 0 Å². The van der Waals surface area contributed by atoms with E-state index in [0.717, 1.165) is 0 Å². The summed E-state index contributed by atoms with van der Waals surface area (Å²) in [6.45, 7) is 1.66. The van der Waals surface area contributed by atoms with E-state index >= 15 is 0 Å². The van der Waals surface area contributed by atoms with Gasteiger partial charge >= 0.3 is 0 Å². The Labute approximate surface area is 99.1 Å². The van der Waals surface area contributed by atoms with E-state index in [2.05, 4.69) is 5.32 Å². The molecule has 1 aromatic carbocycles. The minimum Gasteiger partial charge on any atom is -0.493 e. The summed E-state index contributed by atoms with van der Waals surface area (Å²) in [5.41, 5.74) is 2.66. The Morgan fingerprint density at radius 2 is 2.18 bits per heavy atom. The molecule has 0 saturated heterocycles. The Kier molecular flexibility index (Phi) is 4.96. The molecule has 6 heteroatoms. The number of benzene rings is 1. The van der Waals surface area contributed by atoms with Gasteiger partial charge in [-0.25, -0.2) is 5.84 Å². The molecule has 4 N–H and O–H groups in total. The predicted molar refractivity (Wildman–Crippen MR) is 63.2 cm³/mol. The second-order valence-corrected chi connectivity index (χ2v) is 3.37. The fraction of sp³-hybridized carbons (Fsp3) is 0.273. The second kappa shape index (κ2) is 6.49. The number of nitrogens with one attached hydrogen (secondary N) is 2. The van der Waals surface area contributed by atoms with Crippen LogP contribution in [0.5, 0.6) is 5.75 Å². The molecule has 0 spiro atoms. The summed E-state index contributed by atoms with van der Waals surface area (Å²) in [5.74, 6) is 5.07. The lowest BCUT2D eigenvalue weighted by Crippen LogP contribution is -2.31. The van der Waals surface area contributed by atoms with Gasteiger partial charge in [0.25, 0.3) is 0 Å². The maximum Gasteiger partial charge on any atom is 0.237 e. The molecule has 0 fully saturated rings. The first-order valence-corrected chi connectivity index (χ1v) is 5.11. The van der Waals surface area contributed by atoms with Gasteiger partial charge in [0.15, 0.2) is 0 Å². The molecular formula is C11H15N3O3. The summed E-state index contributed by atoms with van der Waals surface area (Å²) in [6.07, 6.45) is 0.181. The first-order chi connectivity index (χ1) is 8.11. The molecule has 17 heavy (non-hydrogen) atoms. The number of carbonyl (C=O) groups excluding carboxylic acids is 2. The van der Waals surface area contributed by atoms with Crippen molar-refractivity contribution in [3.8, 4) is 5.75 Å². The van der Waals surface area contributed by atoms with Crippen LogP contribution in [0.3, 0.4) is 0 Å². The van der Waals surface area contributed by atoms with Crippen LogP contribution in [0.15, 0.2) is 24.3 Å². The van der Waals surface area contributed by atoms with Crippen LogP contribution in [0.25, 0.3) is 0 Å². The smallest absolute Gasteiger partial charge is 0.237 e. The summed E-state index contributed by atoms with van der Waals surface area (Å²) in [7, 11) is 0. The molecule has 0 aromatic heterocycles. The number of hydrogen-bond donors (Lipinski definition) is 3. The normalized spacial score (nSPS) is 9.53. The van der Waals surface area contributed by atoms with Crippen molar-refractivity contribution in [2.45, 2.75) is 13.3 Å². The van der Waals surface area contributed by atoms with Crippen LogP contribution in [0.1, 0.15) is 13.3 Å². The lowest BCUT2D eigenvalue weighted by molar-refractivity contribution is -0.121. The van der Waals surface area contributed by atoms with Gasteiger partial charge in [-0.3, -0.25) is 15.0 Å². The van der Waals surface area contributed by atoms with Gasteiger partial charge in [0.1, 0.15) is 5.75 Å². The molecule has 0 aliphatic heterocycles. The monoisotopic (exact) mass is 237 g/mol. The van der Waals surface area contributed by atoms with E-state index in [1.54, 1.807) is 24.3 Å². The molecular weight excluding hydrogens is 222 g/mol. The molecule has 0 saturated carbocycles. The standard InChI is InChI=1S/C11H15N3O3/c1-8(15)13-9-3-2-4-10(7-9)17-6-5-11(16)14-12/h2-4,7H,5-6,12H2,1H3,(H,13,15)(H,14,16). The average molecular weight is 237 g/mol. The third kappa shape index (κ3) is 4.98. The first-order valence-electron chi connectivity index (χ1n) is 5.11. The Morgan fingerprint density at radius 1 is 1.41 bits per heavy atom. The summed E-state index contributed by atoms with van der Waals surface area (Å²) < 4.78 is 5.33. The number of hydrogen-bond acceptors (Lipinski definition) is 4. The minimum atomic E-state index is -0.289. The number of amides is 2. The zero-order chi connectivity index (χ0) is 12.7. The zero-order valence-electron chi connectivity index (χ0n) is 9.53. The summed E-state index contributed by atoms with van der Waals surface area (Å²) in [5, 5.41) is 2.64.